The molecule has 0 aromatic heterocycles. The largest absolute Gasteiger partial charge is 0.481 e. The molecule has 3 aromatic rings. The number of ether oxygens (including phenoxy) is 1. The highest BCUT2D eigenvalue weighted by Gasteiger charge is 2.33. The van der Waals surface area contributed by atoms with Gasteiger partial charge in [-0.1, -0.05) is 48.5 Å². The van der Waals surface area contributed by atoms with E-state index < -0.39 is 12.1 Å². The number of carboxylic acids is 1. The first-order chi connectivity index (χ1) is 16.9. The van der Waals surface area contributed by atoms with Gasteiger partial charge in [0.1, 0.15) is 6.61 Å². The van der Waals surface area contributed by atoms with E-state index in [2.05, 4.69) is 45.5 Å². The van der Waals surface area contributed by atoms with Crippen LogP contribution >= 0.6 is 15.9 Å². The van der Waals surface area contributed by atoms with Crippen LogP contribution in [0.3, 0.4) is 0 Å². The fourth-order valence-electron chi connectivity index (χ4n) is 4.79. The Labute approximate surface area is 210 Å². The Balaban J connectivity index is 1.23. The van der Waals surface area contributed by atoms with Gasteiger partial charge in [-0.25, -0.2) is 4.79 Å². The van der Waals surface area contributed by atoms with Gasteiger partial charge in [0.25, 0.3) is 5.91 Å². The third-order valence-corrected chi connectivity index (χ3v) is 7.19. The molecular formula is C27H23BrN2O5. The Morgan fingerprint density at radius 1 is 0.971 bits per heavy atom. The summed E-state index contributed by atoms with van der Waals surface area (Å²) < 4.78 is 6.23. The summed E-state index contributed by atoms with van der Waals surface area (Å²) >= 11 is 3.41. The average Bonchev–Trinajstić information content (AvgIpc) is 3.14. The molecule has 5 rings (SSSR count). The number of fused-ring (bicyclic) bond motifs is 3. The molecule has 0 saturated carbocycles. The van der Waals surface area contributed by atoms with E-state index in [4.69, 9.17) is 9.84 Å². The summed E-state index contributed by atoms with van der Waals surface area (Å²) in [7, 11) is 0. The maximum Gasteiger partial charge on any atom is 0.411 e. The van der Waals surface area contributed by atoms with Gasteiger partial charge >= 0.3 is 12.1 Å². The summed E-state index contributed by atoms with van der Waals surface area (Å²) in [6.07, 6.45) is -0.554. The van der Waals surface area contributed by atoms with Crippen molar-refractivity contribution in [1.29, 1.82) is 0 Å². The number of amides is 2. The molecule has 1 fully saturated rings. The van der Waals surface area contributed by atoms with Gasteiger partial charge in [0.15, 0.2) is 0 Å². The van der Waals surface area contributed by atoms with Crippen molar-refractivity contribution in [3.63, 3.8) is 0 Å². The molecule has 2 aliphatic rings. The zero-order valence-electron chi connectivity index (χ0n) is 18.7. The number of hydrogen-bond acceptors (Lipinski definition) is 4. The number of nitrogens with zero attached hydrogens (tertiary/aromatic N) is 1. The second kappa shape index (κ2) is 9.54. The Hall–Kier alpha value is -3.65. The molecule has 2 amide bonds. The molecule has 8 heteroatoms. The predicted molar refractivity (Wildman–Crippen MR) is 134 cm³/mol. The van der Waals surface area contributed by atoms with E-state index in [9.17, 15) is 14.4 Å². The number of benzene rings is 3. The summed E-state index contributed by atoms with van der Waals surface area (Å²) in [4.78, 5) is 37.9. The van der Waals surface area contributed by atoms with Crippen LogP contribution in [0, 0.1) is 5.92 Å². The van der Waals surface area contributed by atoms with E-state index in [1.165, 1.54) is 0 Å². The summed E-state index contributed by atoms with van der Waals surface area (Å²) in [5, 5.41) is 11.6. The van der Waals surface area contributed by atoms with Crippen molar-refractivity contribution in [3.8, 4) is 11.1 Å². The number of aliphatic carboxylic acids is 1. The highest BCUT2D eigenvalue weighted by atomic mass is 79.9. The quantitative estimate of drug-likeness (QED) is 0.444. The Bertz CT molecular complexity index is 1270. The van der Waals surface area contributed by atoms with Crippen LogP contribution in [0.25, 0.3) is 11.1 Å². The minimum absolute atomic E-state index is 0.0229. The van der Waals surface area contributed by atoms with Gasteiger partial charge in [-0.2, -0.15) is 0 Å². The molecule has 1 aliphatic heterocycles. The summed E-state index contributed by atoms with van der Waals surface area (Å²) in [5.74, 6) is -1.13. The maximum absolute atomic E-state index is 12.8. The van der Waals surface area contributed by atoms with Crippen LogP contribution in [0.2, 0.25) is 0 Å². The van der Waals surface area contributed by atoms with Gasteiger partial charge in [-0.05, 0) is 56.4 Å². The van der Waals surface area contributed by atoms with E-state index in [1.54, 1.807) is 23.1 Å². The second-order valence-electron chi connectivity index (χ2n) is 8.82. The average molecular weight is 535 g/mol. The molecule has 1 aliphatic carbocycles. The van der Waals surface area contributed by atoms with Crippen LogP contribution in [0.4, 0.5) is 10.5 Å². The molecule has 0 radical (unpaired) electrons. The number of nitrogens with one attached hydrogen (secondary N) is 1. The van der Waals surface area contributed by atoms with Crippen molar-refractivity contribution in [3.05, 3.63) is 87.9 Å². The molecule has 0 spiro atoms. The molecule has 0 bridgehead atoms. The fourth-order valence-corrected chi connectivity index (χ4v) is 5.14. The minimum atomic E-state index is -0.861. The first kappa shape index (κ1) is 23.1. The predicted octanol–water partition coefficient (Wildman–Crippen LogP) is 5.36. The van der Waals surface area contributed by atoms with Gasteiger partial charge in [0.05, 0.1) is 12.1 Å². The highest BCUT2D eigenvalue weighted by molar-refractivity contribution is 9.10. The number of halogens is 1. The first-order valence-electron chi connectivity index (χ1n) is 11.3. The van der Waals surface area contributed by atoms with Crippen molar-refractivity contribution < 1.29 is 24.2 Å². The number of carbonyl (C=O) groups is 3. The minimum Gasteiger partial charge on any atom is -0.481 e. The van der Waals surface area contributed by atoms with Gasteiger partial charge in [0.2, 0.25) is 0 Å². The Morgan fingerprint density at radius 2 is 1.60 bits per heavy atom. The summed E-state index contributed by atoms with van der Waals surface area (Å²) in [5.41, 5.74) is 5.41. The Kier molecular flexibility index (Phi) is 6.30. The van der Waals surface area contributed by atoms with Crippen LogP contribution < -0.4 is 5.32 Å². The van der Waals surface area contributed by atoms with Crippen molar-refractivity contribution in [2.45, 2.75) is 12.3 Å². The standard InChI is InChI=1S/C27H23BrN2O5/c28-23-10-9-17(26(33)30-13-16(14-30)11-25(31)32)12-24(23)29-27(34)35-15-22-20-7-3-1-5-18(20)19-6-2-4-8-21(19)22/h1-10,12,16,22H,11,13-15H2,(H,29,34)(H,31,32). The van der Waals surface area contributed by atoms with Gasteiger partial charge in [0, 0.05) is 35.0 Å². The number of likely N-dealkylation sites (tertiary alicyclic amines) is 1. The van der Waals surface area contributed by atoms with Gasteiger partial charge < -0.3 is 14.7 Å². The highest BCUT2D eigenvalue weighted by Crippen LogP contribution is 2.44. The second-order valence-corrected chi connectivity index (χ2v) is 9.67. The molecule has 1 heterocycles. The molecule has 0 unspecified atom stereocenters. The lowest BCUT2D eigenvalue weighted by atomic mass is 9.95. The molecule has 7 nitrogen and oxygen atoms in total. The van der Waals surface area contributed by atoms with E-state index in [1.807, 2.05) is 24.3 Å². The number of carbonyl (C=O) groups excluding carboxylic acids is 2. The third kappa shape index (κ3) is 4.66. The zero-order valence-corrected chi connectivity index (χ0v) is 20.3. The lowest BCUT2D eigenvalue weighted by molar-refractivity contribution is -0.139. The molecule has 2 N–H and O–H groups in total. The smallest absolute Gasteiger partial charge is 0.411 e. The van der Waals surface area contributed by atoms with E-state index >= 15 is 0 Å². The number of hydrogen-bond donors (Lipinski definition) is 2. The molecule has 35 heavy (non-hydrogen) atoms. The molecule has 178 valence electrons. The monoisotopic (exact) mass is 534 g/mol. The van der Waals surface area contributed by atoms with Crippen molar-refractivity contribution in [2.75, 3.05) is 25.0 Å². The van der Waals surface area contributed by atoms with E-state index in [-0.39, 0.29) is 30.8 Å². The van der Waals surface area contributed by atoms with Crippen molar-refractivity contribution in [1.82, 2.24) is 4.90 Å². The number of rotatable bonds is 6. The third-order valence-electron chi connectivity index (χ3n) is 6.50. The van der Waals surface area contributed by atoms with Crippen LogP contribution in [0.5, 0.6) is 0 Å². The lowest BCUT2D eigenvalue weighted by Gasteiger charge is -2.38. The fraction of sp³-hybridized carbons (Fsp3) is 0.222. The van der Waals surface area contributed by atoms with Crippen LogP contribution in [-0.4, -0.2) is 47.7 Å². The van der Waals surface area contributed by atoms with Crippen LogP contribution in [0.1, 0.15) is 33.8 Å². The van der Waals surface area contributed by atoms with Crippen molar-refractivity contribution in [2.24, 2.45) is 5.92 Å². The van der Waals surface area contributed by atoms with Crippen LogP contribution in [-0.2, 0) is 9.53 Å². The molecule has 1 saturated heterocycles. The number of carboxylic acid groups (broad SMARTS) is 1. The Morgan fingerprint density at radius 3 is 2.23 bits per heavy atom. The number of anilines is 1. The van der Waals surface area contributed by atoms with Crippen molar-refractivity contribution >= 4 is 39.6 Å². The molecule has 0 atom stereocenters. The first-order valence-corrected chi connectivity index (χ1v) is 12.1. The zero-order chi connectivity index (χ0) is 24.5. The lowest BCUT2D eigenvalue weighted by Crippen LogP contribution is -2.50. The molecule has 3 aromatic carbocycles. The topological polar surface area (TPSA) is 95.9 Å². The maximum atomic E-state index is 12.8. The van der Waals surface area contributed by atoms with Gasteiger partial charge in [-0.15, -0.1) is 0 Å². The molecular weight excluding hydrogens is 512 g/mol. The summed E-state index contributed by atoms with van der Waals surface area (Å²) in [6, 6.07) is 21.2. The SMILES string of the molecule is O=C(O)CC1CN(C(=O)c2ccc(Br)c(NC(=O)OCC3c4ccccc4-c4ccccc43)c2)C1. The van der Waals surface area contributed by atoms with Crippen LogP contribution in [0.15, 0.2) is 71.2 Å². The normalized spacial score (nSPS) is 14.6. The van der Waals surface area contributed by atoms with Gasteiger partial charge in [-0.3, -0.25) is 14.9 Å². The van der Waals surface area contributed by atoms with E-state index in [0.717, 1.165) is 22.3 Å². The summed E-state index contributed by atoms with van der Waals surface area (Å²) in [6.45, 7) is 1.02. The van der Waals surface area contributed by atoms with E-state index in [0.29, 0.717) is 28.8 Å².